The smallest absolute Gasteiger partial charge is 0.238 e. The zero-order chi connectivity index (χ0) is 15.1. The molecule has 0 unspecified atom stereocenters. The maximum Gasteiger partial charge on any atom is 0.238 e. The molecule has 110 valence electrons. The van der Waals surface area contributed by atoms with Gasteiger partial charge in [0.15, 0.2) is 0 Å². The van der Waals surface area contributed by atoms with Gasteiger partial charge in [-0.25, -0.2) is 0 Å². The standard InChI is InChI=1S/C13H20N4O3/c1-15-12(18)7-17(2)8-13(19)16-11-5-4-9(20-3)6-10(11)14/h4-6H,7-8,14H2,1-3H3,(H,15,18)(H,16,19). The first kappa shape index (κ1) is 15.8. The molecule has 0 saturated heterocycles. The van der Waals surface area contributed by atoms with Crippen LogP contribution < -0.4 is 21.1 Å². The van der Waals surface area contributed by atoms with Crippen LogP contribution in [0.3, 0.4) is 0 Å². The lowest BCUT2D eigenvalue weighted by molar-refractivity contribution is -0.122. The first-order valence-corrected chi connectivity index (χ1v) is 6.08. The summed E-state index contributed by atoms with van der Waals surface area (Å²) < 4.78 is 5.03. The molecule has 0 saturated carbocycles. The maximum absolute atomic E-state index is 11.8. The Bertz CT molecular complexity index is 491. The minimum atomic E-state index is -0.242. The topological polar surface area (TPSA) is 96.7 Å². The number of nitrogens with zero attached hydrogens (tertiary/aromatic N) is 1. The predicted octanol–water partition coefficient (Wildman–Crippen LogP) is -0.106. The zero-order valence-electron chi connectivity index (χ0n) is 11.9. The van der Waals surface area contributed by atoms with Gasteiger partial charge in [0.05, 0.1) is 31.6 Å². The number of nitrogens with one attached hydrogen (secondary N) is 2. The van der Waals surface area contributed by atoms with Gasteiger partial charge in [-0.3, -0.25) is 14.5 Å². The summed E-state index contributed by atoms with van der Waals surface area (Å²) in [6.07, 6.45) is 0. The van der Waals surface area contributed by atoms with Gasteiger partial charge in [0.2, 0.25) is 11.8 Å². The lowest BCUT2D eigenvalue weighted by Gasteiger charge is -2.16. The van der Waals surface area contributed by atoms with Crippen molar-refractivity contribution in [1.29, 1.82) is 0 Å². The SMILES string of the molecule is CNC(=O)CN(C)CC(=O)Nc1ccc(OC)cc1N. The highest BCUT2D eigenvalue weighted by atomic mass is 16.5. The number of nitrogens with two attached hydrogens (primary N) is 1. The number of benzene rings is 1. The molecule has 0 bridgehead atoms. The minimum absolute atomic E-state index is 0.0961. The summed E-state index contributed by atoms with van der Waals surface area (Å²) in [4.78, 5) is 24.6. The number of carbonyl (C=O) groups is 2. The van der Waals surface area contributed by atoms with E-state index in [1.165, 1.54) is 0 Å². The Labute approximate surface area is 118 Å². The number of hydrogen-bond acceptors (Lipinski definition) is 5. The second-order valence-corrected chi connectivity index (χ2v) is 4.35. The Morgan fingerprint density at radius 1 is 1.30 bits per heavy atom. The van der Waals surface area contributed by atoms with E-state index in [1.807, 2.05) is 0 Å². The number of ether oxygens (including phenoxy) is 1. The van der Waals surface area contributed by atoms with Crippen LogP contribution in [0.15, 0.2) is 18.2 Å². The van der Waals surface area contributed by atoms with Gasteiger partial charge in [-0.1, -0.05) is 0 Å². The van der Waals surface area contributed by atoms with Crippen LogP contribution >= 0.6 is 0 Å². The van der Waals surface area contributed by atoms with Gasteiger partial charge in [0.25, 0.3) is 0 Å². The highest BCUT2D eigenvalue weighted by Crippen LogP contribution is 2.23. The minimum Gasteiger partial charge on any atom is -0.497 e. The summed E-state index contributed by atoms with van der Waals surface area (Å²) in [7, 11) is 4.78. The van der Waals surface area contributed by atoms with Crippen molar-refractivity contribution in [2.24, 2.45) is 0 Å². The van der Waals surface area contributed by atoms with E-state index < -0.39 is 0 Å². The van der Waals surface area contributed by atoms with Crippen LogP contribution in [-0.4, -0.2) is 51.0 Å². The van der Waals surface area contributed by atoms with Gasteiger partial charge in [-0.05, 0) is 19.2 Å². The molecular formula is C13H20N4O3. The molecule has 1 aromatic rings. The van der Waals surface area contributed by atoms with Crippen LogP contribution in [-0.2, 0) is 9.59 Å². The average molecular weight is 280 g/mol. The Morgan fingerprint density at radius 3 is 2.50 bits per heavy atom. The second-order valence-electron chi connectivity index (χ2n) is 4.35. The van der Waals surface area contributed by atoms with Gasteiger partial charge in [-0.15, -0.1) is 0 Å². The number of anilines is 2. The molecule has 0 aliphatic rings. The summed E-state index contributed by atoms with van der Waals surface area (Å²) in [5.41, 5.74) is 6.75. The molecule has 20 heavy (non-hydrogen) atoms. The van der Waals surface area contributed by atoms with Gasteiger partial charge in [0, 0.05) is 13.1 Å². The van der Waals surface area contributed by atoms with Crippen molar-refractivity contribution in [2.45, 2.75) is 0 Å². The van der Waals surface area contributed by atoms with Crippen molar-refractivity contribution < 1.29 is 14.3 Å². The molecule has 0 spiro atoms. The van der Waals surface area contributed by atoms with Gasteiger partial charge in [-0.2, -0.15) is 0 Å². The van der Waals surface area contributed by atoms with Crippen molar-refractivity contribution in [3.05, 3.63) is 18.2 Å². The van der Waals surface area contributed by atoms with Crippen molar-refractivity contribution in [2.75, 3.05) is 45.3 Å². The largest absolute Gasteiger partial charge is 0.497 e. The van der Waals surface area contributed by atoms with Crippen LogP contribution in [0.4, 0.5) is 11.4 Å². The third-order valence-electron chi connectivity index (χ3n) is 2.64. The molecule has 1 rings (SSSR count). The number of methoxy groups -OCH3 is 1. The normalized spacial score (nSPS) is 10.2. The quantitative estimate of drug-likeness (QED) is 0.632. The van der Waals surface area contributed by atoms with Crippen LogP contribution in [0, 0.1) is 0 Å². The van der Waals surface area contributed by atoms with Crippen LogP contribution in [0.5, 0.6) is 5.75 Å². The highest BCUT2D eigenvalue weighted by Gasteiger charge is 2.11. The molecule has 0 aromatic heterocycles. The second kappa shape index (κ2) is 7.34. The maximum atomic E-state index is 11.8. The summed E-state index contributed by atoms with van der Waals surface area (Å²) in [5.74, 6) is 0.231. The fourth-order valence-electron chi connectivity index (χ4n) is 1.60. The van der Waals surface area contributed by atoms with E-state index >= 15 is 0 Å². The number of rotatable bonds is 6. The van der Waals surface area contributed by atoms with E-state index in [2.05, 4.69) is 10.6 Å². The molecule has 7 nitrogen and oxygen atoms in total. The van der Waals surface area contributed by atoms with E-state index in [0.29, 0.717) is 17.1 Å². The molecule has 0 aliphatic carbocycles. The van der Waals surface area contributed by atoms with Gasteiger partial charge < -0.3 is 21.1 Å². The molecule has 7 heteroatoms. The Balaban J connectivity index is 2.56. The molecular weight excluding hydrogens is 260 g/mol. The monoisotopic (exact) mass is 280 g/mol. The molecule has 0 radical (unpaired) electrons. The number of likely N-dealkylation sites (N-methyl/N-ethyl adjacent to an activating group) is 2. The lowest BCUT2D eigenvalue weighted by Crippen LogP contribution is -2.37. The predicted molar refractivity (Wildman–Crippen MR) is 77.6 cm³/mol. The molecule has 4 N–H and O–H groups in total. The highest BCUT2D eigenvalue weighted by molar-refractivity contribution is 5.95. The molecule has 0 atom stereocenters. The van der Waals surface area contributed by atoms with Crippen LogP contribution in [0.1, 0.15) is 0 Å². The Kier molecular flexibility index (Phi) is 5.79. The Hall–Kier alpha value is -2.28. The molecule has 0 heterocycles. The van der Waals surface area contributed by atoms with Crippen molar-refractivity contribution in [3.8, 4) is 5.75 Å². The van der Waals surface area contributed by atoms with Crippen molar-refractivity contribution in [1.82, 2.24) is 10.2 Å². The summed E-state index contributed by atoms with van der Waals surface area (Å²) in [6, 6.07) is 5.01. The van der Waals surface area contributed by atoms with E-state index in [9.17, 15) is 9.59 Å². The van der Waals surface area contributed by atoms with Crippen molar-refractivity contribution >= 4 is 23.2 Å². The zero-order valence-corrected chi connectivity index (χ0v) is 11.9. The first-order chi connectivity index (χ1) is 9.46. The van der Waals surface area contributed by atoms with Gasteiger partial charge >= 0.3 is 0 Å². The third-order valence-corrected chi connectivity index (χ3v) is 2.64. The fraction of sp³-hybridized carbons (Fsp3) is 0.385. The number of hydrogen-bond donors (Lipinski definition) is 3. The van der Waals surface area contributed by atoms with Crippen molar-refractivity contribution in [3.63, 3.8) is 0 Å². The van der Waals surface area contributed by atoms with E-state index in [-0.39, 0.29) is 24.9 Å². The van der Waals surface area contributed by atoms with Crippen LogP contribution in [0.25, 0.3) is 0 Å². The van der Waals surface area contributed by atoms with E-state index in [4.69, 9.17) is 10.5 Å². The van der Waals surface area contributed by atoms with E-state index in [1.54, 1.807) is 44.3 Å². The molecule has 2 amide bonds. The van der Waals surface area contributed by atoms with Crippen LogP contribution in [0.2, 0.25) is 0 Å². The first-order valence-electron chi connectivity index (χ1n) is 6.08. The number of carbonyl (C=O) groups excluding carboxylic acids is 2. The number of amides is 2. The van der Waals surface area contributed by atoms with E-state index in [0.717, 1.165) is 0 Å². The third kappa shape index (κ3) is 4.77. The fourth-order valence-corrected chi connectivity index (χ4v) is 1.60. The Morgan fingerprint density at radius 2 is 1.95 bits per heavy atom. The molecule has 1 aromatic carbocycles. The van der Waals surface area contributed by atoms with Gasteiger partial charge in [0.1, 0.15) is 5.75 Å². The average Bonchev–Trinajstić information content (AvgIpc) is 2.40. The summed E-state index contributed by atoms with van der Waals surface area (Å²) >= 11 is 0. The lowest BCUT2D eigenvalue weighted by atomic mass is 10.2. The summed E-state index contributed by atoms with van der Waals surface area (Å²) in [5, 5.41) is 5.19. The summed E-state index contributed by atoms with van der Waals surface area (Å²) in [6.45, 7) is 0.251. The molecule has 0 fully saturated rings. The number of nitrogen functional groups attached to an aromatic ring is 1. The molecule has 0 aliphatic heterocycles.